The van der Waals surface area contributed by atoms with Crippen LogP contribution in [0.4, 0.5) is 0 Å². The third-order valence-corrected chi connectivity index (χ3v) is 5.26. The van der Waals surface area contributed by atoms with Gasteiger partial charge in [-0.25, -0.2) is 0 Å². The van der Waals surface area contributed by atoms with Crippen LogP contribution in [-0.4, -0.2) is 29.5 Å². The summed E-state index contributed by atoms with van der Waals surface area (Å²) in [5.74, 6) is 1.85. The SMILES string of the molecule is CC(=O)c1cccc(OCC(=O)c2cc(C)n(Cc3ccc4c(c3)OCO4)c2C)c1. The first-order chi connectivity index (χ1) is 14.4. The lowest BCUT2D eigenvalue weighted by atomic mass is 10.1. The molecule has 2 heterocycles. The molecule has 6 heteroatoms. The second-order valence-corrected chi connectivity index (χ2v) is 7.35. The number of ketones is 2. The lowest BCUT2D eigenvalue weighted by Gasteiger charge is -2.11. The Bertz CT molecular complexity index is 1130. The predicted molar refractivity (Wildman–Crippen MR) is 112 cm³/mol. The van der Waals surface area contributed by atoms with E-state index < -0.39 is 0 Å². The molecule has 1 aliphatic rings. The first-order valence-electron chi connectivity index (χ1n) is 9.74. The van der Waals surface area contributed by atoms with Gasteiger partial charge in [0.2, 0.25) is 12.6 Å². The molecule has 6 nitrogen and oxygen atoms in total. The quantitative estimate of drug-likeness (QED) is 0.547. The van der Waals surface area contributed by atoms with Gasteiger partial charge in [-0.15, -0.1) is 0 Å². The number of hydrogen-bond acceptors (Lipinski definition) is 5. The molecule has 0 fully saturated rings. The molecular weight excluding hydrogens is 382 g/mol. The van der Waals surface area contributed by atoms with Gasteiger partial charge in [0.05, 0.1) is 0 Å². The number of benzene rings is 2. The summed E-state index contributed by atoms with van der Waals surface area (Å²) in [7, 11) is 0. The maximum absolute atomic E-state index is 12.8. The van der Waals surface area contributed by atoms with Crippen molar-refractivity contribution in [2.45, 2.75) is 27.3 Å². The number of rotatable bonds is 7. The van der Waals surface area contributed by atoms with Gasteiger partial charge < -0.3 is 18.8 Å². The summed E-state index contributed by atoms with van der Waals surface area (Å²) in [6.45, 7) is 6.20. The number of Topliss-reactive ketones (excluding diaryl/α,β-unsaturated/α-hetero) is 2. The zero-order valence-corrected chi connectivity index (χ0v) is 17.2. The van der Waals surface area contributed by atoms with Gasteiger partial charge in [-0.3, -0.25) is 9.59 Å². The van der Waals surface area contributed by atoms with Crippen LogP contribution in [-0.2, 0) is 6.54 Å². The fourth-order valence-electron chi connectivity index (χ4n) is 3.58. The van der Waals surface area contributed by atoms with Crippen LogP contribution >= 0.6 is 0 Å². The lowest BCUT2D eigenvalue weighted by molar-refractivity contribution is 0.0920. The highest BCUT2D eigenvalue weighted by molar-refractivity contribution is 5.98. The molecule has 4 rings (SSSR count). The van der Waals surface area contributed by atoms with Crippen molar-refractivity contribution in [3.05, 3.63) is 76.6 Å². The van der Waals surface area contributed by atoms with Crippen LogP contribution in [0.2, 0.25) is 0 Å². The molecule has 30 heavy (non-hydrogen) atoms. The molecule has 2 aromatic carbocycles. The van der Waals surface area contributed by atoms with Gasteiger partial charge >= 0.3 is 0 Å². The molecule has 0 atom stereocenters. The third kappa shape index (κ3) is 3.94. The zero-order valence-electron chi connectivity index (χ0n) is 17.2. The number of ether oxygens (including phenoxy) is 3. The molecule has 0 spiro atoms. The van der Waals surface area contributed by atoms with Gasteiger partial charge in [0.25, 0.3) is 0 Å². The summed E-state index contributed by atoms with van der Waals surface area (Å²) < 4.78 is 18.6. The number of nitrogens with zero attached hydrogens (tertiary/aromatic N) is 1. The van der Waals surface area contributed by atoms with Gasteiger partial charge in [0, 0.05) is 29.1 Å². The van der Waals surface area contributed by atoms with E-state index in [0.29, 0.717) is 23.4 Å². The highest BCUT2D eigenvalue weighted by Gasteiger charge is 2.18. The van der Waals surface area contributed by atoms with E-state index in [1.54, 1.807) is 24.3 Å². The number of carbonyl (C=O) groups is 2. The Kier molecular flexibility index (Phi) is 5.31. The van der Waals surface area contributed by atoms with E-state index in [4.69, 9.17) is 14.2 Å². The van der Waals surface area contributed by atoms with Gasteiger partial charge in [-0.05, 0) is 56.7 Å². The highest BCUT2D eigenvalue weighted by Crippen LogP contribution is 2.33. The van der Waals surface area contributed by atoms with Crippen molar-refractivity contribution in [2.75, 3.05) is 13.4 Å². The molecule has 0 unspecified atom stereocenters. The zero-order chi connectivity index (χ0) is 21.3. The third-order valence-electron chi connectivity index (χ3n) is 5.26. The van der Waals surface area contributed by atoms with Crippen molar-refractivity contribution in [1.82, 2.24) is 4.57 Å². The van der Waals surface area contributed by atoms with Gasteiger partial charge in [-0.2, -0.15) is 0 Å². The standard InChI is InChI=1S/C24H23NO5/c1-15-9-21(22(27)13-28-20-6-4-5-19(11-20)17(3)26)16(2)25(15)12-18-7-8-23-24(10-18)30-14-29-23/h4-11H,12-14H2,1-3H3. The van der Waals surface area contributed by atoms with Crippen LogP contribution in [0.1, 0.15) is 44.6 Å². The van der Waals surface area contributed by atoms with Crippen molar-refractivity contribution in [3.63, 3.8) is 0 Å². The van der Waals surface area contributed by atoms with E-state index >= 15 is 0 Å². The molecule has 0 amide bonds. The maximum Gasteiger partial charge on any atom is 0.231 e. The monoisotopic (exact) mass is 405 g/mol. The van der Waals surface area contributed by atoms with Gasteiger partial charge in [0.1, 0.15) is 5.75 Å². The minimum atomic E-state index is -0.103. The second kappa shape index (κ2) is 8.06. The average Bonchev–Trinajstić information content (AvgIpc) is 3.31. The Hall–Kier alpha value is -3.54. The molecule has 0 aliphatic carbocycles. The number of aryl methyl sites for hydroxylation is 1. The minimum absolute atomic E-state index is 0.0427. The Balaban J connectivity index is 1.48. The number of aromatic nitrogens is 1. The summed E-state index contributed by atoms with van der Waals surface area (Å²) in [5, 5.41) is 0. The normalized spacial score (nSPS) is 12.1. The topological polar surface area (TPSA) is 66.8 Å². The maximum atomic E-state index is 12.8. The molecule has 0 bridgehead atoms. The number of fused-ring (bicyclic) bond motifs is 1. The molecule has 3 aromatic rings. The second-order valence-electron chi connectivity index (χ2n) is 7.35. The van der Waals surface area contributed by atoms with Crippen molar-refractivity contribution in [1.29, 1.82) is 0 Å². The van der Waals surface area contributed by atoms with Crippen molar-refractivity contribution in [3.8, 4) is 17.2 Å². The molecule has 0 saturated heterocycles. The average molecular weight is 405 g/mol. The Labute approximate surface area is 175 Å². The van der Waals surface area contributed by atoms with Crippen LogP contribution < -0.4 is 14.2 Å². The van der Waals surface area contributed by atoms with E-state index in [1.807, 2.05) is 38.1 Å². The van der Waals surface area contributed by atoms with E-state index in [9.17, 15) is 9.59 Å². The molecule has 0 saturated carbocycles. The predicted octanol–water partition coefficient (Wildman–Crippen LogP) is 4.35. The Morgan fingerprint density at radius 1 is 1.03 bits per heavy atom. The molecule has 0 N–H and O–H groups in total. The molecule has 0 radical (unpaired) electrons. The van der Waals surface area contributed by atoms with E-state index in [2.05, 4.69) is 4.57 Å². The fourth-order valence-corrected chi connectivity index (χ4v) is 3.58. The first-order valence-corrected chi connectivity index (χ1v) is 9.74. The first kappa shape index (κ1) is 19.8. The van der Waals surface area contributed by atoms with E-state index in [-0.39, 0.29) is 25.0 Å². The molecule has 1 aliphatic heterocycles. The van der Waals surface area contributed by atoms with Crippen molar-refractivity contribution < 1.29 is 23.8 Å². The lowest BCUT2D eigenvalue weighted by Crippen LogP contribution is -2.13. The highest BCUT2D eigenvalue weighted by atomic mass is 16.7. The summed E-state index contributed by atoms with van der Waals surface area (Å²) in [6, 6.07) is 14.6. The summed E-state index contributed by atoms with van der Waals surface area (Å²) in [4.78, 5) is 24.3. The fraction of sp³-hybridized carbons (Fsp3) is 0.250. The molecular formula is C24H23NO5. The van der Waals surface area contributed by atoms with Crippen LogP contribution in [0, 0.1) is 13.8 Å². The van der Waals surface area contributed by atoms with Crippen molar-refractivity contribution in [2.24, 2.45) is 0 Å². The van der Waals surface area contributed by atoms with Crippen molar-refractivity contribution >= 4 is 11.6 Å². The van der Waals surface area contributed by atoms with Gasteiger partial charge in [0.15, 0.2) is 23.9 Å². The number of hydrogen-bond donors (Lipinski definition) is 0. The van der Waals surface area contributed by atoms with Crippen LogP contribution in [0.25, 0.3) is 0 Å². The molecule has 154 valence electrons. The van der Waals surface area contributed by atoms with Crippen LogP contribution in [0.3, 0.4) is 0 Å². The number of carbonyl (C=O) groups excluding carboxylic acids is 2. The minimum Gasteiger partial charge on any atom is -0.485 e. The summed E-state index contributed by atoms with van der Waals surface area (Å²) in [6.07, 6.45) is 0. The van der Waals surface area contributed by atoms with Crippen LogP contribution in [0.15, 0.2) is 48.5 Å². The Morgan fingerprint density at radius 3 is 2.63 bits per heavy atom. The Morgan fingerprint density at radius 2 is 1.83 bits per heavy atom. The van der Waals surface area contributed by atoms with E-state index in [1.165, 1.54) is 6.92 Å². The largest absolute Gasteiger partial charge is 0.485 e. The smallest absolute Gasteiger partial charge is 0.231 e. The summed E-state index contributed by atoms with van der Waals surface area (Å²) >= 11 is 0. The van der Waals surface area contributed by atoms with E-state index in [0.717, 1.165) is 28.5 Å². The summed E-state index contributed by atoms with van der Waals surface area (Å²) in [5.41, 5.74) is 4.14. The molecule has 1 aromatic heterocycles. The van der Waals surface area contributed by atoms with Gasteiger partial charge in [-0.1, -0.05) is 18.2 Å². The van der Waals surface area contributed by atoms with Crippen LogP contribution in [0.5, 0.6) is 17.2 Å².